The third-order valence-corrected chi connectivity index (χ3v) is 5.16. The lowest BCUT2D eigenvalue weighted by Crippen LogP contribution is -2.44. The number of esters is 1. The summed E-state index contributed by atoms with van der Waals surface area (Å²) in [6, 6.07) is 12.7. The zero-order chi connectivity index (χ0) is 24.7. The third kappa shape index (κ3) is 6.01. The maximum Gasteiger partial charge on any atom is 0.311 e. The largest absolute Gasteiger partial charge is 0.496 e. The number of nitrogens with zero attached hydrogens (tertiary/aromatic N) is 1. The number of hydrogen-bond donors (Lipinski definition) is 3. The summed E-state index contributed by atoms with van der Waals surface area (Å²) in [5, 5.41) is 1.22. The second kappa shape index (κ2) is 11.1. The molecule has 0 unspecified atom stereocenters. The number of carbonyl (C=O) groups excluding carboxylic acids is 5. The number of ether oxygens (including phenoxy) is 2. The summed E-state index contributed by atoms with van der Waals surface area (Å²) < 4.78 is 10.1. The lowest BCUT2D eigenvalue weighted by Gasteiger charge is -2.18. The van der Waals surface area contributed by atoms with Gasteiger partial charge in [-0.3, -0.25) is 45.3 Å². The van der Waals surface area contributed by atoms with Crippen molar-refractivity contribution in [3.05, 3.63) is 64.7 Å². The summed E-state index contributed by atoms with van der Waals surface area (Å²) >= 11 is 5.91. The van der Waals surface area contributed by atoms with E-state index in [9.17, 15) is 24.0 Å². The normalized spacial score (nSPS) is 14.8. The van der Waals surface area contributed by atoms with Crippen LogP contribution < -0.4 is 21.0 Å². The molecular weight excluding hydrogens is 468 g/mol. The number of rotatable bonds is 7. The molecule has 1 aliphatic rings. The first-order valence-corrected chi connectivity index (χ1v) is 10.4. The number of halogens is 1. The highest BCUT2D eigenvalue weighted by atomic mass is 35.5. The first-order valence-electron chi connectivity index (χ1n) is 10.0. The Morgan fingerprint density at radius 3 is 2.38 bits per heavy atom. The van der Waals surface area contributed by atoms with Crippen molar-refractivity contribution in [2.45, 2.75) is 6.42 Å². The van der Waals surface area contributed by atoms with Crippen LogP contribution in [0, 0.1) is 5.92 Å². The number of hydrazine groups is 2. The van der Waals surface area contributed by atoms with Gasteiger partial charge in [0.1, 0.15) is 5.75 Å². The van der Waals surface area contributed by atoms with Gasteiger partial charge in [-0.05, 0) is 24.3 Å². The molecule has 0 saturated carbocycles. The van der Waals surface area contributed by atoms with E-state index in [2.05, 4.69) is 16.3 Å². The highest BCUT2D eigenvalue weighted by molar-refractivity contribution is 6.33. The summed E-state index contributed by atoms with van der Waals surface area (Å²) in [6.45, 7) is -0.802. The second-order valence-electron chi connectivity index (χ2n) is 7.14. The number of amides is 4. The van der Waals surface area contributed by atoms with Crippen LogP contribution in [0.5, 0.6) is 5.75 Å². The molecule has 4 amide bonds. The molecule has 178 valence electrons. The van der Waals surface area contributed by atoms with E-state index in [0.717, 1.165) is 5.01 Å². The third-order valence-electron chi connectivity index (χ3n) is 4.83. The Hall–Kier alpha value is -4.12. The van der Waals surface area contributed by atoms with E-state index in [1.165, 1.54) is 25.3 Å². The van der Waals surface area contributed by atoms with Crippen LogP contribution in [0.3, 0.4) is 0 Å². The van der Waals surface area contributed by atoms with E-state index < -0.39 is 42.1 Å². The fourth-order valence-corrected chi connectivity index (χ4v) is 3.34. The zero-order valence-electron chi connectivity index (χ0n) is 18.0. The van der Waals surface area contributed by atoms with Crippen molar-refractivity contribution in [3.8, 4) is 5.75 Å². The Morgan fingerprint density at radius 1 is 1.00 bits per heavy atom. The van der Waals surface area contributed by atoms with Gasteiger partial charge in [-0.25, -0.2) is 0 Å². The average Bonchev–Trinajstić information content (AvgIpc) is 3.21. The molecule has 0 aliphatic carbocycles. The van der Waals surface area contributed by atoms with Gasteiger partial charge in [-0.15, -0.1) is 0 Å². The second-order valence-corrected chi connectivity index (χ2v) is 7.54. The van der Waals surface area contributed by atoms with Crippen LogP contribution in [0.1, 0.15) is 27.1 Å². The SMILES string of the molecule is COc1ccccc1C(=O)NN1C[C@H](C(=O)OCC(=O)NNC(=O)c2ccccc2Cl)CC1=O. The summed E-state index contributed by atoms with van der Waals surface area (Å²) in [7, 11) is 1.41. The number of nitrogens with one attached hydrogen (secondary N) is 3. The Bertz CT molecular complexity index is 1120. The summed E-state index contributed by atoms with van der Waals surface area (Å²) in [4.78, 5) is 60.9. The topological polar surface area (TPSA) is 143 Å². The number of para-hydroxylation sites is 1. The predicted molar refractivity (Wildman–Crippen MR) is 118 cm³/mol. The smallest absolute Gasteiger partial charge is 0.311 e. The maximum atomic E-state index is 12.5. The molecule has 1 atom stereocenters. The minimum atomic E-state index is -0.879. The van der Waals surface area contributed by atoms with Gasteiger partial charge in [0, 0.05) is 6.42 Å². The number of benzene rings is 2. The Balaban J connectivity index is 1.45. The molecule has 0 radical (unpaired) electrons. The van der Waals surface area contributed by atoms with Crippen molar-refractivity contribution >= 4 is 41.2 Å². The molecule has 12 heteroatoms. The van der Waals surface area contributed by atoms with Gasteiger partial charge >= 0.3 is 5.97 Å². The van der Waals surface area contributed by atoms with Crippen LogP contribution in [0.4, 0.5) is 0 Å². The molecule has 3 rings (SSSR count). The fraction of sp³-hybridized carbons (Fsp3) is 0.227. The van der Waals surface area contributed by atoms with Crippen molar-refractivity contribution in [2.24, 2.45) is 5.92 Å². The highest BCUT2D eigenvalue weighted by Crippen LogP contribution is 2.20. The Kier molecular flexibility index (Phi) is 8.04. The molecule has 11 nitrogen and oxygen atoms in total. The van der Waals surface area contributed by atoms with Crippen molar-refractivity contribution in [1.29, 1.82) is 0 Å². The van der Waals surface area contributed by atoms with Gasteiger partial charge in [0.05, 0.1) is 35.7 Å². The van der Waals surface area contributed by atoms with Crippen LogP contribution in [0.15, 0.2) is 48.5 Å². The molecule has 1 heterocycles. The number of carbonyl (C=O) groups is 5. The van der Waals surface area contributed by atoms with Crippen LogP contribution in [-0.4, -0.2) is 54.9 Å². The van der Waals surface area contributed by atoms with E-state index in [4.69, 9.17) is 21.1 Å². The zero-order valence-corrected chi connectivity index (χ0v) is 18.8. The van der Waals surface area contributed by atoms with Gasteiger partial charge in [0.25, 0.3) is 17.7 Å². The van der Waals surface area contributed by atoms with Crippen LogP contribution >= 0.6 is 11.6 Å². The minimum absolute atomic E-state index is 0.122. The predicted octanol–water partition coefficient (Wildman–Crippen LogP) is 0.846. The molecule has 1 saturated heterocycles. The minimum Gasteiger partial charge on any atom is -0.496 e. The standard InChI is InChI=1S/C22H21ClN4O7/c1-33-17-9-5-3-7-15(17)21(31)26-27-11-13(10-19(27)29)22(32)34-12-18(28)24-25-20(30)14-6-2-4-8-16(14)23/h2-9,13H,10-12H2,1H3,(H,24,28)(H,25,30)(H,26,31)/t13-/m1/s1. The molecule has 2 aromatic carbocycles. The van der Waals surface area contributed by atoms with Gasteiger partial charge < -0.3 is 9.47 Å². The summed E-state index contributed by atoms with van der Waals surface area (Å²) in [5.41, 5.74) is 7.08. The lowest BCUT2D eigenvalue weighted by atomic mass is 10.1. The average molecular weight is 489 g/mol. The molecule has 34 heavy (non-hydrogen) atoms. The molecule has 2 aromatic rings. The number of hydrogen-bond acceptors (Lipinski definition) is 7. The van der Waals surface area contributed by atoms with E-state index in [1.807, 2.05) is 0 Å². The first-order chi connectivity index (χ1) is 16.3. The van der Waals surface area contributed by atoms with Gasteiger partial charge in [0.2, 0.25) is 5.91 Å². The fourth-order valence-electron chi connectivity index (χ4n) is 3.12. The quantitative estimate of drug-likeness (QED) is 0.387. The monoisotopic (exact) mass is 488 g/mol. The Labute approximate surface area is 199 Å². The van der Waals surface area contributed by atoms with Crippen LogP contribution in [0.25, 0.3) is 0 Å². The van der Waals surface area contributed by atoms with Crippen molar-refractivity contribution in [1.82, 2.24) is 21.3 Å². The summed E-state index contributed by atoms with van der Waals surface area (Å²) in [6.07, 6.45) is -0.199. The van der Waals surface area contributed by atoms with E-state index >= 15 is 0 Å². The molecule has 0 spiro atoms. The number of methoxy groups -OCH3 is 1. The highest BCUT2D eigenvalue weighted by Gasteiger charge is 2.37. The van der Waals surface area contributed by atoms with Crippen molar-refractivity contribution in [3.63, 3.8) is 0 Å². The van der Waals surface area contributed by atoms with Crippen LogP contribution in [-0.2, 0) is 19.1 Å². The molecule has 1 aliphatic heterocycles. The van der Waals surface area contributed by atoms with Gasteiger partial charge in [-0.1, -0.05) is 35.9 Å². The summed E-state index contributed by atoms with van der Waals surface area (Å²) in [5.74, 6) is -3.84. The van der Waals surface area contributed by atoms with E-state index in [0.29, 0.717) is 5.75 Å². The van der Waals surface area contributed by atoms with Gasteiger partial charge in [0.15, 0.2) is 6.61 Å². The van der Waals surface area contributed by atoms with Crippen LogP contribution in [0.2, 0.25) is 5.02 Å². The molecule has 0 aromatic heterocycles. The molecule has 3 N–H and O–H groups in total. The lowest BCUT2D eigenvalue weighted by molar-refractivity contribution is -0.152. The van der Waals surface area contributed by atoms with Crippen molar-refractivity contribution in [2.75, 3.05) is 20.3 Å². The van der Waals surface area contributed by atoms with Crippen molar-refractivity contribution < 1.29 is 33.4 Å². The van der Waals surface area contributed by atoms with E-state index in [-0.39, 0.29) is 29.1 Å². The first kappa shape index (κ1) is 24.5. The molecule has 1 fully saturated rings. The molecule has 0 bridgehead atoms. The Morgan fingerprint density at radius 2 is 1.68 bits per heavy atom. The maximum absolute atomic E-state index is 12.5. The van der Waals surface area contributed by atoms with Gasteiger partial charge in [-0.2, -0.15) is 0 Å². The van der Waals surface area contributed by atoms with E-state index in [1.54, 1.807) is 30.3 Å². The molecular formula is C22H21ClN4O7.